The van der Waals surface area contributed by atoms with Crippen molar-refractivity contribution in [2.45, 2.75) is 0 Å². The first-order valence-corrected chi connectivity index (χ1v) is 23.4. The summed E-state index contributed by atoms with van der Waals surface area (Å²) in [5, 5.41) is 14.6. The molecule has 0 aliphatic heterocycles. The highest BCUT2D eigenvalue weighted by Crippen LogP contribution is 2.47. The Bertz CT molecular complexity index is 3670. The predicted molar refractivity (Wildman–Crippen MR) is 292 cm³/mol. The first-order chi connectivity index (χ1) is 33.7. The maximum atomic E-state index is 2.42. The van der Waals surface area contributed by atoms with Gasteiger partial charge < -0.3 is 9.80 Å². The van der Waals surface area contributed by atoms with Crippen LogP contribution in [0.3, 0.4) is 0 Å². The predicted octanol–water partition coefficient (Wildman–Crippen LogP) is 18.9. The third kappa shape index (κ3) is 6.73. The summed E-state index contributed by atoms with van der Waals surface area (Å²) >= 11 is 0. The molecule has 0 aliphatic rings. The number of rotatable bonds is 8. The van der Waals surface area contributed by atoms with Crippen LogP contribution in [0.4, 0.5) is 34.1 Å². The molecule has 0 saturated carbocycles. The summed E-state index contributed by atoms with van der Waals surface area (Å²) in [5.74, 6) is 0. The fraction of sp³-hybridized carbons (Fsp3) is 0. The van der Waals surface area contributed by atoms with Gasteiger partial charge in [-0.25, -0.2) is 0 Å². The molecule has 68 heavy (non-hydrogen) atoms. The normalized spacial score (nSPS) is 11.5. The lowest BCUT2D eigenvalue weighted by Crippen LogP contribution is -2.10. The van der Waals surface area contributed by atoms with Gasteiger partial charge in [0.2, 0.25) is 0 Å². The zero-order valence-electron chi connectivity index (χ0n) is 37.3. The second-order valence-corrected chi connectivity index (χ2v) is 17.7. The van der Waals surface area contributed by atoms with Gasteiger partial charge >= 0.3 is 0 Å². The number of nitrogens with zero attached hydrogens (tertiary/aromatic N) is 2. The van der Waals surface area contributed by atoms with Crippen molar-refractivity contribution >= 4 is 98.8 Å². The van der Waals surface area contributed by atoms with Crippen molar-refractivity contribution in [3.8, 4) is 22.3 Å². The molecule has 0 amide bonds. The Kier molecular flexibility index (Phi) is 9.54. The number of anilines is 6. The molecule has 0 saturated heterocycles. The number of hydrogen-bond acceptors (Lipinski definition) is 2. The van der Waals surface area contributed by atoms with Crippen LogP contribution >= 0.6 is 0 Å². The summed E-state index contributed by atoms with van der Waals surface area (Å²) in [5.41, 5.74) is 11.6. The quantitative estimate of drug-likeness (QED) is 0.140. The van der Waals surface area contributed by atoms with Crippen LogP contribution in [0.2, 0.25) is 0 Å². The Hall–Kier alpha value is -8.98. The molecule has 0 bridgehead atoms. The van der Waals surface area contributed by atoms with Crippen LogP contribution in [0.1, 0.15) is 0 Å². The zero-order chi connectivity index (χ0) is 45.0. The van der Waals surface area contributed by atoms with Gasteiger partial charge in [0.1, 0.15) is 0 Å². The third-order valence-electron chi connectivity index (χ3n) is 13.7. The largest absolute Gasteiger partial charge is 0.310 e. The van der Waals surface area contributed by atoms with E-state index in [9.17, 15) is 0 Å². The lowest BCUT2D eigenvalue weighted by atomic mass is 9.88. The molecule has 0 aromatic heterocycles. The van der Waals surface area contributed by atoms with Gasteiger partial charge in [0, 0.05) is 33.5 Å². The molecular formula is C66H44N2. The van der Waals surface area contributed by atoms with E-state index in [2.05, 4.69) is 277 Å². The van der Waals surface area contributed by atoms with Crippen LogP contribution in [0.15, 0.2) is 267 Å². The van der Waals surface area contributed by atoms with Crippen LogP contribution in [0.25, 0.3) is 86.9 Å². The van der Waals surface area contributed by atoms with Gasteiger partial charge in [-0.2, -0.15) is 0 Å². The lowest BCUT2D eigenvalue weighted by Gasteiger charge is -2.28. The summed E-state index contributed by atoms with van der Waals surface area (Å²) in [6.45, 7) is 0. The Morgan fingerprint density at radius 1 is 0.176 bits per heavy atom. The van der Waals surface area contributed by atoms with Crippen molar-refractivity contribution in [1.82, 2.24) is 0 Å². The van der Waals surface area contributed by atoms with Crippen LogP contribution in [0.5, 0.6) is 0 Å². The molecule has 0 spiro atoms. The molecule has 0 unspecified atom stereocenters. The smallest absolute Gasteiger partial charge is 0.0540 e. The van der Waals surface area contributed by atoms with Crippen molar-refractivity contribution in [1.29, 1.82) is 0 Å². The Balaban J connectivity index is 1.01. The molecule has 13 rings (SSSR count). The highest BCUT2D eigenvalue weighted by Gasteiger charge is 2.21. The minimum absolute atomic E-state index is 1.12. The molecule has 318 valence electrons. The van der Waals surface area contributed by atoms with Crippen molar-refractivity contribution in [2.75, 3.05) is 9.80 Å². The molecule has 13 aromatic carbocycles. The lowest BCUT2D eigenvalue weighted by molar-refractivity contribution is 1.30. The molecule has 0 fully saturated rings. The Morgan fingerprint density at radius 3 is 0.779 bits per heavy atom. The first kappa shape index (κ1) is 39.4. The maximum absolute atomic E-state index is 2.42. The molecule has 0 atom stereocenters. The van der Waals surface area contributed by atoms with E-state index in [0.717, 1.165) is 34.1 Å². The van der Waals surface area contributed by atoms with Crippen molar-refractivity contribution in [3.05, 3.63) is 267 Å². The number of fused-ring (bicyclic) bond motifs is 6. The van der Waals surface area contributed by atoms with Crippen LogP contribution in [-0.4, -0.2) is 0 Å². The number of hydrogen-bond donors (Lipinski definition) is 0. The minimum Gasteiger partial charge on any atom is -0.310 e. The van der Waals surface area contributed by atoms with Crippen LogP contribution < -0.4 is 9.80 Å². The van der Waals surface area contributed by atoms with E-state index in [4.69, 9.17) is 0 Å². The standard InChI is InChI=1S/C66H44N2/c1-5-25-51(26-6-1)67(52-27-7-2-8-28-52)65-37-35-57(61-39-45-19-13-15-21-47(45)41-63(61)65)55-33-17-23-49-44-60-50(43-59(49)55)24-18-34-56(60)58-36-38-66(64-42-48-22-16-14-20-46(48)40-62(58)64)68(53-29-9-3-10-30-53)54-31-11-4-12-32-54/h1-44H. The summed E-state index contributed by atoms with van der Waals surface area (Å²) < 4.78 is 0. The maximum Gasteiger partial charge on any atom is 0.0540 e. The number of benzene rings is 13. The SMILES string of the molecule is c1ccc(N(c2ccccc2)c2ccc(-c3cccc4cc5c(-c6ccc(N(c7ccccc7)c7ccccc7)c7cc8ccccc8cc67)cccc5cc34)c3cc4ccccc4cc23)cc1. The van der Waals surface area contributed by atoms with Crippen LogP contribution in [-0.2, 0) is 0 Å². The summed E-state index contributed by atoms with van der Waals surface area (Å²) in [4.78, 5) is 4.78. The van der Waals surface area contributed by atoms with E-state index in [-0.39, 0.29) is 0 Å². The average molecular weight is 865 g/mol. The van der Waals surface area contributed by atoms with Gasteiger partial charge in [-0.05, 0) is 173 Å². The van der Waals surface area contributed by atoms with Crippen LogP contribution in [0, 0.1) is 0 Å². The topological polar surface area (TPSA) is 6.48 Å². The molecular weight excluding hydrogens is 821 g/mol. The average Bonchev–Trinajstić information content (AvgIpc) is 3.40. The van der Waals surface area contributed by atoms with Gasteiger partial charge in [-0.3, -0.25) is 0 Å². The fourth-order valence-corrected chi connectivity index (χ4v) is 10.6. The molecule has 0 aliphatic carbocycles. The first-order valence-electron chi connectivity index (χ1n) is 23.4. The molecule has 2 heteroatoms. The van der Waals surface area contributed by atoms with E-state index >= 15 is 0 Å². The molecule has 2 nitrogen and oxygen atoms in total. The summed E-state index contributed by atoms with van der Waals surface area (Å²) in [6.07, 6.45) is 0. The van der Waals surface area contributed by atoms with Gasteiger partial charge in [0.15, 0.2) is 0 Å². The van der Waals surface area contributed by atoms with Crippen molar-refractivity contribution < 1.29 is 0 Å². The number of para-hydroxylation sites is 4. The van der Waals surface area contributed by atoms with Gasteiger partial charge in [-0.15, -0.1) is 0 Å². The van der Waals surface area contributed by atoms with Crippen molar-refractivity contribution in [2.24, 2.45) is 0 Å². The molecule has 0 heterocycles. The minimum atomic E-state index is 1.12. The molecule has 0 radical (unpaired) electrons. The van der Waals surface area contributed by atoms with E-state index in [1.165, 1.54) is 86.9 Å². The highest BCUT2D eigenvalue weighted by molar-refractivity contribution is 6.18. The highest BCUT2D eigenvalue weighted by atomic mass is 15.1. The Labute approximate surface area is 395 Å². The second kappa shape index (κ2) is 16.5. The summed E-state index contributed by atoms with van der Waals surface area (Å²) in [6, 6.07) is 97.6. The van der Waals surface area contributed by atoms with Gasteiger partial charge in [0.25, 0.3) is 0 Å². The zero-order valence-corrected chi connectivity index (χ0v) is 37.3. The van der Waals surface area contributed by atoms with Gasteiger partial charge in [-0.1, -0.05) is 170 Å². The van der Waals surface area contributed by atoms with E-state index < -0.39 is 0 Å². The molecule has 0 N–H and O–H groups in total. The second-order valence-electron chi connectivity index (χ2n) is 17.7. The van der Waals surface area contributed by atoms with E-state index in [1.54, 1.807) is 0 Å². The summed E-state index contributed by atoms with van der Waals surface area (Å²) in [7, 11) is 0. The monoisotopic (exact) mass is 864 g/mol. The Morgan fingerprint density at radius 2 is 0.441 bits per heavy atom. The fourth-order valence-electron chi connectivity index (χ4n) is 10.6. The van der Waals surface area contributed by atoms with E-state index in [0.29, 0.717) is 0 Å². The van der Waals surface area contributed by atoms with Crippen molar-refractivity contribution in [3.63, 3.8) is 0 Å². The third-order valence-corrected chi connectivity index (χ3v) is 13.7. The van der Waals surface area contributed by atoms with E-state index in [1.807, 2.05) is 0 Å². The molecule has 13 aromatic rings. The van der Waals surface area contributed by atoms with Gasteiger partial charge in [0.05, 0.1) is 11.4 Å².